The van der Waals surface area contributed by atoms with E-state index in [1.165, 1.54) is 5.56 Å². The molecular weight excluding hydrogens is 244 g/mol. The third-order valence-corrected chi connectivity index (χ3v) is 4.33. The summed E-state index contributed by atoms with van der Waals surface area (Å²) in [5, 5.41) is 8.92. The van der Waals surface area contributed by atoms with E-state index in [0.717, 1.165) is 24.1 Å². The molecule has 94 valence electrons. The SMILES string of the molecule is CC(C)(C)[S@+]([O-])N=C1CCc2ccc(C#N)cc21. The highest BCUT2D eigenvalue weighted by Gasteiger charge is 2.29. The molecule has 0 spiro atoms. The summed E-state index contributed by atoms with van der Waals surface area (Å²) >= 11 is -1.24. The van der Waals surface area contributed by atoms with Crippen molar-refractivity contribution < 1.29 is 4.55 Å². The van der Waals surface area contributed by atoms with Crippen molar-refractivity contribution in [3.63, 3.8) is 0 Å². The molecule has 18 heavy (non-hydrogen) atoms. The highest BCUT2D eigenvalue weighted by molar-refractivity contribution is 7.91. The highest BCUT2D eigenvalue weighted by Crippen LogP contribution is 2.26. The summed E-state index contributed by atoms with van der Waals surface area (Å²) in [5.41, 5.74) is 3.69. The maximum absolute atomic E-state index is 12.0. The molecule has 3 nitrogen and oxygen atoms in total. The first-order chi connectivity index (χ1) is 8.41. The third-order valence-electron chi connectivity index (χ3n) is 2.90. The van der Waals surface area contributed by atoms with Gasteiger partial charge in [0.05, 0.1) is 17.3 Å². The Morgan fingerprint density at radius 2 is 2.06 bits per heavy atom. The fourth-order valence-corrected chi connectivity index (χ4v) is 2.52. The van der Waals surface area contributed by atoms with Crippen LogP contribution < -0.4 is 0 Å². The third kappa shape index (κ3) is 2.58. The van der Waals surface area contributed by atoms with Crippen molar-refractivity contribution >= 4 is 17.1 Å². The molecule has 0 saturated carbocycles. The van der Waals surface area contributed by atoms with E-state index in [1.807, 2.05) is 39.0 Å². The molecule has 0 aliphatic heterocycles. The fraction of sp³-hybridized carbons (Fsp3) is 0.429. The number of hydrogen-bond donors (Lipinski definition) is 0. The van der Waals surface area contributed by atoms with E-state index in [4.69, 9.17) is 5.26 Å². The minimum atomic E-state index is -1.24. The van der Waals surface area contributed by atoms with Crippen LogP contribution >= 0.6 is 0 Å². The minimum Gasteiger partial charge on any atom is -0.591 e. The number of nitrogens with zero attached hydrogens (tertiary/aromatic N) is 2. The average molecular weight is 260 g/mol. The van der Waals surface area contributed by atoms with Crippen LogP contribution in [0.15, 0.2) is 22.6 Å². The summed E-state index contributed by atoms with van der Waals surface area (Å²) < 4.78 is 16.0. The monoisotopic (exact) mass is 260 g/mol. The average Bonchev–Trinajstić information content (AvgIpc) is 2.70. The van der Waals surface area contributed by atoms with E-state index in [2.05, 4.69) is 10.5 Å². The van der Waals surface area contributed by atoms with Crippen LogP contribution in [0.5, 0.6) is 0 Å². The Hall–Kier alpha value is -1.31. The van der Waals surface area contributed by atoms with Gasteiger partial charge in [-0.25, -0.2) is 0 Å². The van der Waals surface area contributed by atoms with Crippen molar-refractivity contribution in [2.45, 2.75) is 38.4 Å². The Bertz CT molecular complexity index is 538. The van der Waals surface area contributed by atoms with Gasteiger partial charge in [0.25, 0.3) is 0 Å². The van der Waals surface area contributed by atoms with Crippen molar-refractivity contribution in [1.82, 2.24) is 0 Å². The lowest BCUT2D eigenvalue weighted by atomic mass is 10.1. The Morgan fingerprint density at radius 1 is 1.33 bits per heavy atom. The second kappa shape index (κ2) is 4.75. The predicted molar refractivity (Wildman–Crippen MR) is 73.9 cm³/mol. The Kier molecular flexibility index (Phi) is 3.47. The normalized spacial score (nSPS) is 18.5. The van der Waals surface area contributed by atoms with Gasteiger partial charge in [0.2, 0.25) is 0 Å². The molecule has 1 aromatic rings. The quantitative estimate of drug-likeness (QED) is 0.729. The number of aryl methyl sites for hydroxylation is 1. The van der Waals surface area contributed by atoms with Gasteiger partial charge in [-0.1, -0.05) is 10.5 Å². The highest BCUT2D eigenvalue weighted by atomic mass is 32.2. The predicted octanol–water partition coefficient (Wildman–Crippen LogP) is 2.76. The van der Waals surface area contributed by atoms with E-state index in [-0.39, 0.29) is 4.75 Å². The lowest BCUT2D eigenvalue weighted by molar-refractivity contribution is 0.561. The maximum Gasteiger partial charge on any atom is 0.144 e. The first-order valence-corrected chi connectivity index (χ1v) is 7.05. The van der Waals surface area contributed by atoms with Crippen LogP contribution in [0.2, 0.25) is 0 Å². The lowest BCUT2D eigenvalue weighted by Gasteiger charge is -2.18. The van der Waals surface area contributed by atoms with Gasteiger partial charge < -0.3 is 4.55 Å². The van der Waals surface area contributed by atoms with Crippen LogP contribution in [0.1, 0.15) is 43.9 Å². The van der Waals surface area contributed by atoms with E-state index in [9.17, 15) is 4.55 Å². The minimum absolute atomic E-state index is 0.345. The molecule has 1 aliphatic carbocycles. The van der Waals surface area contributed by atoms with Crippen LogP contribution in [0, 0.1) is 11.3 Å². The number of rotatable bonds is 1. The zero-order valence-electron chi connectivity index (χ0n) is 10.9. The lowest BCUT2D eigenvalue weighted by Crippen LogP contribution is -2.26. The molecule has 0 heterocycles. The summed E-state index contributed by atoms with van der Waals surface area (Å²) in [6.07, 6.45) is 1.73. The number of benzene rings is 1. The molecule has 0 bridgehead atoms. The molecule has 0 aromatic heterocycles. The van der Waals surface area contributed by atoms with Crippen LogP contribution in [0.3, 0.4) is 0 Å². The second-order valence-corrected chi connectivity index (χ2v) is 7.29. The Balaban J connectivity index is 2.37. The maximum atomic E-state index is 12.0. The van der Waals surface area contributed by atoms with Gasteiger partial charge in [0.15, 0.2) is 0 Å². The van der Waals surface area contributed by atoms with Crippen LogP contribution in [-0.4, -0.2) is 15.0 Å². The first kappa shape index (κ1) is 13.1. The number of hydrogen-bond acceptors (Lipinski definition) is 3. The van der Waals surface area contributed by atoms with E-state index in [1.54, 1.807) is 0 Å². The zero-order chi connectivity index (χ0) is 13.3. The molecule has 0 N–H and O–H groups in total. The van der Waals surface area contributed by atoms with Gasteiger partial charge in [-0.2, -0.15) is 5.26 Å². The summed E-state index contributed by atoms with van der Waals surface area (Å²) in [5.74, 6) is 0. The molecule has 1 aromatic carbocycles. The smallest absolute Gasteiger partial charge is 0.144 e. The summed E-state index contributed by atoms with van der Waals surface area (Å²) in [4.78, 5) is 0. The van der Waals surface area contributed by atoms with Gasteiger partial charge in [0, 0.05) is 5.56 Å². The van der Waals surface area contributed by atoms with Gasteiger partial charge in [-0.3, -0.25) is 0 Å². The summed E-state index contributed by atoms with van der Waals surface area (Å²) in [7, 11) is 0. The van der Waals surface area contributed by atoms with Gasteiger partial charge in [-0.15, -0.1) is 0 Å². The van der Waals surface area contributed by atoms with E-state index >= 15 is 0 Å². The standard InChI is InChI=1S/C14H16N2OS/c1-14(2,3)18(17)16-13-7-6-11-5-4-10(9-15)8-12(11)13/h4-5,8H,6-7H2,1-3H3/t18-/m0/s1. The molecular formula is C14H16N2OS. The van der Waals surface area contributed by atoms with Gasteiger partial charge in [0.1, 0.15) is 16.1 Å². The molecule has 1 atom stereocenters. The van der Waals surface area contributed by atoms with Crippen molar-refractivity contribution in [2.75, 3.05) is 0 Å². The van der Waals surface area contributed by atoms with Crippen molar-refractivity contribution in [3.8, 4) is 6.07 Å². The summed E-state index contributed by atoms with van der Waals surface area (Å²) in [6, 6.07) is 7.77. The number of fused-ring (bicyclic) bond motifs is 1. The van der Waals surface area contributed by atoms with Crippen LogP contribution in [-0.2, 0) is 17.8 Å². The van der Waals surface area contributed by atoms with E-state index < -0.39 is 11.4 Å². The molecule has 1 aliphatic rings. The van der Waals surface area contributed by atoms with Gasteiger partial charge >= 0.3 is 0 Å². The molecule has 4 heteroatoms. The first-order valence-electron chi connectivity index (χ1n) is 5.95. The van der Waals surface area contributed by atoms with E-state index in [0.29, 0.717) is 5.56 Å². The van der Waals surface area contributed by atoms with Crippen molar-refractivity contribution in [1.29, 1.82) is 5.26 Å². The molecule has 0 saturated heterocycles. The van der Waals surface area contributed by atoms with Gasteiger partial charge in [-0.05, 0) is 51.3 Å². The Labute approximate surface area is 111 Å². The molecule has 2 rings (SSSR count). The molecule has 0 unspecified atom stereocenters. The largest absolute Gasteiger partial charge is 0.591 e. The van der Waals surface area contributed by atoms with Crippen LogP contribution in [0.4, 0.5) is 0 Å². The van der Waals surface area contributed by atoms with Crippen molar-refractivity contribution in [3.05, 3.63) is 34.9 Å². The fourth-order valence-electron chi connectivity index (χ4n) is 1.85. The second-order valence-electron chi connectivity index (χ2n) is 5.38. The molecule has 0 amide bonds. The molecule has 0 radical (unpaired) electrons. The van der Waals surface area contributed by atoms with Crippen molar-refractivity contribution in [2.24, 2.45) is 4.40 Å². The summed E-state index contributed by atoms with van der Waals surface area (Å²) in [6.45, 7) is 5.73. The molecule has 0 fully saturated rings. The Morgan fingerprint density at radius 3 is 2.67 bits per heavy atom. The topological polar surface area (TPSA) is 59.2 Å². The zero-order valence-corrected chi connectivity index (χ0v) is 11.7. The van der Waals surface area contributed by atoms with Crippen LogP contribution in [0.25, 0.3) is 0 Å². The number of nitriles is 1.